The third-order valence-electron chi connectivity index (χ3n) is 5.89. The van der Waals surface area contributed by atoms with Gasteiger partial charge in [-0.3, -0.25) is 0 Å². The topological polar surface area (TPSA) is 105 Å². The Balaban J connectivity index is 1.80. The van der Waals surface area contributed by atoms with Gasteiger partial charge in [0.25, 0.3) is 0 Å². The summed E-state index contributed by atoms with van der Waals surface area (Å²) >= 11 is 0. The third-order valence-corrected chi connectivity index (χ3v) is 5.89. The Morgan fingerprint density at radius 2 is 1.85 bits per heavy atom. The number of oxime groups is 1. The second kappa shape index (κ2) is 9.54. The van der Waals surface area contributed by atoms with Gasteiger partial charge in [-0.2, -0.15) is 0 Å². The molecule has 9 heteroatoms. The number of carboxylic acids is 1. The van der Waals surface area contributed by atoms with Crippen molar-refractivity contribution in [2.45, 2.75) is 25.4 Å². The molecule has 9 nitrogen and oxygen atoms in total. The quantitative estimate of drug-likeness (QED) is 0.556. The lowest BCUT2D eigenvalue weighted by atomic mass is 9.88. The van der Waals surface area contributed by atoms with E-state index in [1.165, 1.54) is 0 Å². The summed E-state index contributed by atoms with van der Waals surface area (Å²) in [6, 6.07) is 7.23. The third kappa shape index (κ3) is 4.21. The number of rotatable bonds is 9. The molecular weight excluding hydrogens is 442 g/mol. The second-order valence-electron chi connectivity index (χ2n) is 8.03. The molecule has 180 valence electrons. The van der Waals surface area contributed by atoms with Gasteiger partial charge in [-0.05, 0) is 30.7 Å². The Kier molecular flexibility index (Phi) is 6.54. The van der Waals surface area contributed by atoms with E-state index in [1.54, 1.807) is 27.4 Å². The van der Waals surface area contributed by atoms with Gasteiger partial charge >= 0.3 is 5.97 Å². The average Bonchev–Trinajstić information content (AvgIpc) is 3.48. The van der Waals surface area contributed by atoms with Gasteiger partial charge in [-0.15, -0.1) is 0 Å². The number of benzene rings is 2. The first-order chi connectivity index (χ1) is 16.4. The number of methoxy groups -OCH3 is 3. The van der Waals surface area contributed by atoms with E-state index in [0.717, 1.165) is 16.7 Å². The lowest BCUT2D eigenvalue weighted by Crippen LogP contribution is -2.18. The van der Waals surface area contributed by atoms with Crippen LogP contribution in [0.3, 0.4) is 0 Å². The Morgan fingerprint density at radius 3 is 2.50 bits per heavy atom. The molecule has 0 radical (unpaired) electrons. The van der Waals surface area contributed by atoms with Crippen LogP contribution in [-0.4, -0.2) is 57.4 Å². The molecule has 0 amide bonds. The summed E-state index contributed by atoms with van der Waals surface area (Å²) in [7, 11) is 4.69. The largest absolute Gasteiger partial charge is 0.496 e. The highest BCUT2D eigenvalue weighted by Crippen LogP contribution is 2.45. The maximum Gasteiger partial charge on any atom is 0.341 e. The van der Waals surface area contributed by atoms with Gasteiger partial charge in [-0.25, -0.2) is 4.79 Å². The van der Waals surface area contributed by atoms with Crippen molar-refractivity contribution in [1.29, 1.82) is 0 Å². The van der Waals surface area contributed by atoms with Crippen molar-refractivity contribution < 1.29 is 38.4 Å². The molecule has 0 spiro atoms. The monoisotopic (exact) mass is 469 g/mol. The first-order valence-corrected chi connectivity index (χ1v) is 10.7. The Hall–Kier alpha value is -3.88. The van der Waals surface area contributed by atoms with Crippen LogP contribution in [0.25, 0.3) is 0 Å². The fourth-order valence-electron chi connectivity index (χ4n) is 4.19. The molecule has 0 bridgehead atoms. The minimum Gasteiger partial charge on any atom is -0.496 e. The molecule has 1 unspecified atom stereocenters. The van der Waals surface area contributed by atoms with Crippen molar-refractivity contribution >= 4 is 11.7 Å². The van der Waals surface area contributed by atoms with Crippen LogP contribution in [0.1, 0.15) is 29.5 Å². The molecule has 2 aliphatic heterocycles. The summed E-state index contributed by atoms with van der Waals surface area (Å²) in [5.74, 6) is 1.31. The van der Waals surface area contributed by atoms with Crippen molar-refractivity contribution in [2.75, 3.05) is 34.5 Å². The number of hydrogen-bond acceptors (Lipinski definition) is 8. The summed E-state index contributed by atoms with van der Waals surface area (Å²) in [5.41, 5.74) is 3.66. The van der Waals surface area contributed by atoms with E-state index < -0.39 is 12.6 Å². The van der Waals surface area contributed by atoms with Crippen LogP contribution in [0, 0.1) is 0 Å². The van der Waals surface area contributed by atoms with Gasteiger partial charge in [0.15, 0.2) is 18.1 Å². The SMILES string of the molecule is C=C(C)[C@H]1Cc2c(ccc(C3=NOCC3c3cc(OC)c(OC)cc3OC)c2OCC(=O)O)O1. The lowest BCUT2D eigenvalue weighted by Gasteiger charge is -2.20. The highest BCUT2D eigenvalue weighted by molar-refractivity contribution is 6.08. The Labute approximate surface area is 197 Å². The van der Waals surface area contributed by atoms with Crippen LogP contribution < -0.4 is 23.7 Å². The first-order valence-electron chi connectivity index (χ1n) is 10.7. The highest BCUT2D eigenvalue weighted by Gasteiger charge is 2.36. The van der Waals surface area contributed by atoms with Crippen LogP contribution in [0.5, 0.6) is 28.7 Å². The molecule has 2 aromatic rings. The highest BCUT2D eigenvalue weighted by atomic mass is 16.6. The van der Waals surface area contributed by atoms with Crippen LogP contribution in [0.2, 0.25) is 0 Å². The minimum atomic E-state index is -1.08. The molecule has 0 saturated heterocycles. The van der Waals surface area contributed by atoms with E-state index in [-0.39, 0.29) is 18.6 Å². The van der Waals surface area contributed by atoms with Crippen LogP contribution >= 0.6 is 0 Å². The van der Waals surface area contributed by atoms with E-state index in [9.17, 15) is 9.90 Å². The van der Waals surface area contributed by atoms with Crippen molar-refractivity contribution in [3.05, 3.63) is 53.1 Å². The smallest absolute Gasteiger partial charge is 0.341 e. The zero-order chi connectivity index (χ0) is 24.4. The van der Waals surface area contributed by atoms with Gasteiger partial charge in [0, 0.05) is 29.2 Å². The van der Waals surface area contributed by atoms with Gasteiger partial charge in [0.05, 0.1) is 27.2 Å². The molecule has 2 atom stereocenters. The molecule has 2 aliphatic rings. The van der Waals surface area contributed by atoms with Crippen LogP contribution in [0.15, 0.2) is 41.6 Å². The maximum atomic E-state index is 11.3. The first kappa shape index (κ1) is 23.3. The molecule has 0 fully saturated rings. The second-order valence-corrected chi connectivity index (χ2v) is 8.03. The standard InChI is InChI=1S/C25H27NO8/c1-13(2)19-9-16-18(34-19)7-6-14(25(16)32-12-23(27)28)24-17(11-33-26-24)15-8-21(30-4)22(31-5)10-20(15)29-3/h6-8,10,17,19H,1,9,11-12H2,2-5H3,(H,27,28)/t17?,19-/m1/s1. The van der Waals surface area contributed by atoms with E-state index in [0.29, 0.717) is 46.4 Å². The molecular formula is C25H27NO8. The molecule has 0 aromatic heterocycles. The van der Waals surface area contributed by atoms with E-state index in [2.05, 4.69) is 11.7 Å². The Bertz CT molecular complexity index is 1160. The van der Waals surface area contributed by atoms with Crippen molar-refractivity contribution in [3.8, 4) is 28.7 Å². The number of carboxylic acid groups (broad SMARTS) is 1. The molecule has 0 aliphatic carbocycles. The average molecular weight is 469 g/mol. The van der Waals surface area contributed by atoms with E-state index >= 15 is 0 Å². The molecule has 1 N–H and O–H groups in total. The predicted molar refractivity (Wildman–Crippen MR) is 124 cm³/mol. The number of carbonyl (C=O) groups is 1. The van der Waals surface area contributed by atoms with E-state index in [4.69, 9.17) is 28.5 Å². The maximum absolute atomic E-state index is 11.3. The van der Waals surface area contributed by atoms with Crippen LogP contribution in [-0.2, 0) is 16.1 Å². The van der Waals surface area contributed by atoms with Gasteiger partial charge in [0.2, 0.25) is 0 Å². The zero-order valence-corrected chi connectivity index (χ0v) is 19.5. The molecule has 0 saturated carbocycles. The number of hydrogen-bond donors (Lipinski definition) is 1. The van der Waals surface area contributed by atoms with E-state index in [1.807, 2.05) is 25.1 Å². The molecule has 4 rings (SSSR count). The minimum absolute atomic E-state index is 0.207. The Morgan fingerprint density at radius 1 is 1.15 bits per heavy atom. The molecule has 2 aromatic carbocycles. The van der Waals surface area contributed by atoms with Gasteiger partial charge in [-0.1, -0.05) is 11.7 Å². The number of fused-ring (bicyclic) bond motifs is 1. The number of nitrogens with zero attached hydrogens (tertiary/aromatic N) is 1. The number of ether oxygens (including phenoxy) is 5. The summed E-state index contributed by atoms with van der Waals surface area (Å²) < 4.78 is 28.3. The van der Waals surface area contributed by atoms with Crippen LogP contribution in [0.4, 0.5) is 0 Å². The molecule has 2 heterocycles. The fraction of sp³-hybridized carbons (Fsp3) is 0.360. The summed E-state index contributed by atoms with van der Waals surface area (Å²) in [6.45, 7) is 5.64. The fourth-order valence-corrected chi connectivity index (χ4v) is 4.19. The van der Waals surface area contributed by atoms with Crippen molar-refractivity contribution in [1.82, 2.24) is 0 Å². The summed E-state index contributed by atoms with van der Waals surface area (Å²) in [6.07, 6.45) is 0.312. The summed E-state index contributed by atoms with van der Waals surface area (Å²) in [5, 5.41) is 13.6. The summed E-state index contributed by atoms with van der Waals surface area (Å²) in [4.78, 5) is 16.8. The van der Waals surface area contributed by atoms with Gasteiger partial charge < -0.3 is 33.6 Å². The van der Waals surface area contributed by atoms with Crippen molar-refractivity contribution in [3.63, 3.8) is 0 Å². The molecule has 34 heavy (non-hydrogen) atoms. The van der Waals surface area contributed by atoms with Gasteiger partial charge in [0.1, 0.15) is 35.7 Å². The zero-order valence-electron chi connectivity index (χ0n) is 19.5. The number of aliphatic carboxylic acids is 1. The predicted octanol–water partition coefficient (Wildman–Crippen LogP) is 3.57. The van der Waals surface area contributed by atoms with Crippen molar-refractivity contribution in [2.24, 2.45) is 5.16 Å². The normalized spacial score (nSPS) is 18.3. The lowest BCUT2D eigenvalue weighted by molar-refractivity contribution is -0.139.